The number of hydrogen-bond acceptors (Lipinski definition) is 4. The molecule has 0 saturated carbocycles. The first-order chi connectivity index (χ1) is 11.7. The second-order valence-electron chi connectivity index (χ2n) is 6.46. The topological polar surface area (TPSA) is 84.5 Å². The second kappa shape index (κ2) is 6.16. The monoisotopic (exact) mass is 360 g/mol. The lowest BCUT2D eigenvalue weighted by molar-refractivity contribution is -0.119. The summed E-state index contributed by atoms with van der Waals surface area (Å²) in [6.07, 6.45) is 0. The van der Waals surface area contributed by atoms with Crippen LogP contribution in [0.3, 0.4) is 0 Å². The molecule has 25 heavy (non-hydrogen) atoms. The highest BCUT2D eigenvalue weighted by Gasteiger charge is 2.39. The lowest BCUT2D eigenvalue weighted by Gasteiger charge is -2.16. The summed E-state index contributed by atoms with van der Waals surface area (Å²) < 4.78 is 32.9. The molecule has 0 atom stereocenters. The normalized spacial score (nSPS) is 15.6. The molecular weight excluding hydrogens is 340 g/mol. The maximum atomic E-state index is 12.6. The first kappa shape index (κ1) is 17.4. The van der Waals surface area contributed by atoms with Crippen LogP contribution in [0.25, 0.3) is 0 Å². The molecule has 1 amide bonds. The van der Waals surface area contributed by atoms with Crippen molar-refractivity contribution in [3.8, 4) is 5.75 Å². The molecule has 0 spiro atoms. The fraction of sp³-hybridized carbons (Fsp3) is 0.278. The smallest absolute Gasteiger partial charge is 0.240 e. The maximum Gasteiger partial charge on any atom is 0.240 e. The summed E-state index contributed by atoms with van der Waals surface area (Å²) in [5, 5.41) is 2.77. The summed E-state index contributed by atoms with van der Waals surface area (Å²) in [6.45, 7) is 3.69. The van der Waals surface area contributed by atoms with Gasteiger partial charge in [0, 0.05) is 12.2 Å². The van der Waals surface area contributed by atoms with Gasteiger partial charge in [-0.3, -0.25) is 4.79 Å². The molecule has 0 aliphatic carbocycles. The fourth-order valence-corrected chi connectivity index (χ4v) is 3.81. The number of methoxy groups -OCH3 is 1. The molecule has 0 fully saturated rings. The molecule has 0 aromatic heterocycles. The molecule has 132 valence electrons. The zero-order chi connectivity index (χ0) is 18.2. The van der Waals surface area contributed by atoms with Gasteiger partial charge in [-0.1, -0.05) is 12.1 Å². The molecule has 1 heterocycles. The second-order valence-corrected chi connectivity index (χ2v) is 8.23. The summed E-state index contributed by atoms with van der Waals surface area (Å²) in [4.78, 5) is 12.1. The van der Waals surface area contributed by atoms with E-state index >= 15 is 0 Å². The average molecular weight is 360 g/mol. The van der Waals surface area contributed by atoms with E-state index in [0.29, 0.717) is 17.0 Å². The summed E-state index contributed by atoms with van der Waals surface area (Å²) in [5.41, 5.74) is 1.37. The molecular formula is C18H20N2O4S. The molecule has 0 radical (unpaired) electrons. The molecule has 1 aliphatic rings. The van der Waals surface area contributed by atoms with Gasteiger partial charge in [0.15, 0.2) is 0 Å². The standard InChI is InChI=1S/C18H20N2O4S/c1-18(2)15-10-14(7-8-16(15)20-17(18)21)25(22,23)19-11-12-5-4-6-13(9-12)24-3/h4-10,19H,11H2,1-3H3,(H,20,21). The van der Waals surface area contributed by atoms with Gasteiger partial charge >= 0.3 is 0 Å². The number of ether oxygens (including phenoxy) is 1. The van der Waals surface area contributed by atoms with Gasteiger partial charge in [-0.05, 0) is 55.3 Å². The van der Waals surface area contributed by atoms with Gasteiger partial charge in [-0.2, -0.15) is 0 Å². The Hall–Kier alpha value is -2.38. The lowest BCUT2D eigenvalue weighted by atomic mass is 9.86. The third-order valence-corrected chi connectivity index (χ3v) is 5.79. The zero-order valence-corrected chi connectivity index (χ0v) is 15.1. The molecule has 7 heteroatoms. The van der Waals surface area contributed by atoms with Crippen molar-refractivity contribution in [1.29, 1.82) is 0 Å². The van der Waals surface area contributed by atoms with Gasteiger partial charge in [0.25, 0.3) is 0 Å². The van der Waals surface area contributed by atoms with E-state index in [2.05, 4.69) is 10.0 Å². The summed E-state index contributed by atoms with van der Waals surface area (Å²) >= 11 is 0. The molecule has 0 saturated heterocycles. The van der Waals surface area contributed by atoms with E-state index in [0.717, 1.165) is 5.56 Å². The minimum atomic E-state index is -3.70. The zero-order valence-electron chi connectivity index (χ0n) is 14.3. The van der Waals surface area contributed by atoms with Crippen molar-refractivity contribution in [2.45, 2.75) is 30.7 Å². The third-order valence-electron chi connectivity index (χ3n) is 4.39. The molecule has 6 nitrogen and oxygen atoms in total. The van der Waals surface area contributed by atoms with Crippen molar-refractivity contribution >= 4 is 21.6 Å². The molecule has 1 aliphatic heterocycles. The van der Waals surface area contributed by atoms with E-state index in [4.69, 9.17) is 4.74 Å². The number of amides is 1. The first-order valence-corrected chi connectivity index (χ1v) is 9.31. The van der Waals surface area contributed by atoms with Crippen LogP contribution in [0.2, 0.25) is 0 Å². The number of hydrogen-bond donors (Lipinski definition) is 2. The molecule has 0 bridgehead atoms. The minimum absolute atomic E-state index is 0.138. The van der Waals surface area contributed by atoms with Crippen LogP contribution in [0, 0.1) is 0 Å². The number of anilines is 1. The predicted octanol–water partition coefficient (Wildman–Crippen LogP) is 2.40. The minimum Gasteiger partial charge on any atom is -0.497 e. The fourth-order valence-electron chi connectivity index (χ4n) is 2.76. The largest absolute Gasteiger partial charge is 0.497 e. The Bertz CT molecular complexity index is 936. The molecule has 2 aromatic rings. The number of carbonyl (C=O) groups is 1. The van der Waals surface area contributed by atoms with E-state index in [-0.39, 0.29) is 17.3 Å². The van der Waals surface area contributed by atoms with E-state index < -0.39 is 15.4 Å². The quantitative estimate of drug-likeness (QED) is 0.857. The Morgan fingerprint density at radius 2 is 1.92 bits per heavy atom. The first-order valence-electron chi connectivity index (χ1n) is 7.82. The van der Waals surface area contributed by atoms with Gasteiger partial charge < -0.3 is 10.1 Å². The Morgan fingerprint density at radius 1 is 1.16 bits per heavy atom. The highest BCUT2D eigenvalue weighted by molar-refractivity contribution is 7.89. The van der Waals surface area contributed by atoms with Crippen LogP contribution in [-0.4, -0.2) is 21.4 Å². The highest BCUT2D eigenvalue weighted by Crippen LogP contribution is 2.38. The molecule has 2 N–H and O–H groups in total. The van der Waals surface area contributed by atoms with Gasteiger partial charge in [0.05, 0.1) is 17.4 Å². The maximum absolute atomic E-state index is 12.6. The molecule has 2 aromatic carbocycles. The summed E-state index contributed by atoms with van der Waals surface area (Å²) in [5.74, 6) is 0.530. The Labute approximate surface area is 147 Å². The molecule has 3 rings (SSSR count). The highest BCUT2D eigenvalue weighted by atomic mass is 32.2. The number of fused-ring (bicyclic) bond motifs is 1. The summed E-state index contributed by atoms with van der Waals surface area (Å²) in [6, 6.07) is 11.9. The Balaban J connectivity index is 1.84. The van der Waals surface area contributed by atoms with Gasteiger partial charge in [-0.15, -0.1) is 0 Å². The van der Waals surface area contributed by atoms with Crippen molar-refractivity contribution in [2.75, 3.05) is 12.4 Å². The molecule has 0 unspecified atom stereocenters. The Morgan fingerprint density at radius 3 is 2.64 bits per heavy atom. The number of nitrogens with one attached hydrogen (secondary N) is 2. The van der Waals surface area contributed by atoms with Crippen LogP contribution in [-0.2, 0) is 26.8 Å². The van der Waals surface area contributed by atoms with Gasteiger partial charge in [-0.25, -0.2) is 13.1 Å². The van der Waals surface area contributed by atoms with Crippen LogP contribution in [0.15, 0.2) is 47.4 Å². The van der Waals surface area contributed by atoms with Crippen molar-refractivity contribution < 1.29 is 17.9 Å². The SMILES string of the molecule is COc1cccc(CNS(=O)(=O)c2ccc3c(c2)C(C)(C)C(=O)N3)c1. The van der Waals surface area contributed by atoms with Gasteiger partial charge in [0.1, 0.15) is 5.75 Å². The van der Waals surface area contributed by atoms with Crippen molar-refractivity contribution in [3.05, 3.63) is 53.6 Å². The van der Waals surface area contributed by atoms with Crippen LogP contribution in [0.5, 0.6) is 5.75 Å². The van der Waals surface area contributed by atoms with E-state index in [1.165, 1.54) is 6.07 Å². The number of rotatable bonds is 5. The van der Waals surface area contributed by atoms with Crippen LogP contribution >= 0.6 is 0 Å². The Kier molecular flexibility index (Phi) is 4.30. The third kappa shape index (κ3) is 3.25. The van der Waals surface area contributed by atoms with E-state index in [9.17, 15) is 13.2 Å². The van der Waals surface area contributed by atoms with E-state index in [1.54, 1.807) is 51.3 Å². The number of carbonyl (C=O) groups excluding carboxylic acids is 1. The van der Waals surface area contributed by atoms with E-state index in [1.807, 2.05) is 6.07 Å². The van der Waals surface area contributed by atoms with Crippen molar-refractivity contribution in [3.63, 3.8) is 0 Å². The van der Waals surface area contributed by atoms with Crippen LogP contribution in [0.1, 0.15) is 25.0 Å². The van der Waals surface area contributed by atoms with Crippen LogP contribution < -0.4 is 14.8 Å². The lowest BCUT2D eigenvalue weighted by Crippen LogP contribution is -2.27. The van der Waals surface area contributed by atoms with Crippen molar-refractivity contribution in [2.24, 2.45) is 0 Å². The summed E-state index contributed by atoms with van der Waals surface area (Å²) in [7, 11) is -2.14. The van der Waals surface area contributed by atoms with Gasteiger partial charge in [0.2, 0.25) is 15.9 Å². The number of benzene rings is 2. The number of sulfonamides is 1. The average Bonchev–Trinajstić information content (AvgIpc) is 2.82. The van der Waals surface area contributed by atoms with Crippen LogP contribution in [0.4, 0.5) is 5.69 Å². The van der Waals surface area contributed by atoms with Crippen molar-refractivity contribution in [1.82, 2.24) is 4.72 Å². The predicted molar refractivity (Wildman–Crippen MR) is 95.1 cm³/mol.